The van der Waals surface area contributed by atoms with Crippen molar-refractivity contribution in [2.45, 2.75) is 130 Å². The molecule has 0 unspecified atom stereocenters. The molecule has 0 saturated carbocycles. The van der Waals surface area contributed by atoms with Crippen LogP contribution in [-0.2, 0) is 41.6 Å². The molecule has 2 aliphatic heterocycles. The zero-order valence-electron chi connectivity index (χ0n) is 47.1. The Morgan fingerprint density at radius 3 is 1.19 bits per heavy atom. The first-order valence-electron chi connectivity index (χ1n) is 27.1. The van der Waals surface area contributed by atoms with E-state index in [2.05, 4.69) is 31.9 Å². The molecule has 2 saturated heterocycles. The highest BCUT2D eigenvalue weighted by atomic mass is 19.1. The molecule has 2 aliphatic rings. The Bertz CT molecular complexity index is 2380. The standard InChI is InChI=1S/C58H82F2N10O8/c1-37(61-9)51(73)65-49(57(3,4)5)55(77)69-29-11-13-45(69)35-67(31-27-39-15-23-43(59)24-16-39)47(71)33-63-53(75)41-19-21-42(22-20-41)54(76)64-34-48(72)68(32-28-40-17-25-44(60)26-18-40)36-46-14-12-30-70(46)56(78)50(58(6,7)8)66-52(74)38(2)62-10/h15-26,37-38,45-46,49-50,61-62H,11-14,27-36H2,1-10H3,(H,63,75)(H,64,76)(H,65,73)(H,66,74)/t37-,38-,45-,46+,49+,50+/m0/s1. The molecule has 5 rings (SSSR count). The molecule has 0 radical (unpaired) electrons. The summed E-state index contributed by atoms with van der Waals surface area (Å²) in [6.07, 6.45) is 3.36. The summed E-state index contributed by atoms with van der Waals surface area (Å²) in [6.45, 7) is 15.6. The van der Waals surface area contributed by atoms with Gasteiger partial charge in [0.25, 0.3) is 11.8 Å². The second kappa shape index (κ2) is 28.2. The lowest BCUT2D eigenvalue weighted by molar-refractivity contribution is -0.142. The molecule has 2 fully saturated rings. The quantitative estimate of drug-likeness (QED) is 0.0762. The van der Waals surface area contributed by atoms with E-state index < -0.39 is 70.3 Å². The highest BCUT2D eigenvalue weighted by molar-refractivity contribution is 6.00. The predicted octanol–water partition coefficient (Wildman–Crippen LogP) is 3.83. The number of benzene rings is 3. The average Bonchev–Trinajstić information content (AvgIpc) is 4.13. The second-order valence-corrected chi connectivity index (χ2v) is 22.7. The van der Waals surface area contributed by atoms with E-state index in [9.17, 15) is 47.1 Å². The van der Waals surface area contributed by atoms with Gasteiger partial charge < -0.3 is 51.5 Å². The summed E-state index contributed by atoms with van der Waals surface area (Å²) < 4.78 is 27.6. The van der Waals surface area contributed by atoms with Gasteiger partial charge in [0.15, 0.2) is 0 Å². The lowest BCUT2D eigenvalue weighted by Gasteiger charge is -2.37. The highest BCUT2D eigenvalue weighted by Gasteiger charge is 2.42. The number of nitrogens with one attached hydrogen (secondary N) is 6. The van der Waals surface area contributed by atoms with Crippen LogP contribution < -0.4 is 31.9 Å². The Morgan fingerprint density at radius 2 is 0.885 bits per heavy atom. The molecule has 78 heavy (non-hydrogen) atoms. The van der Waals surface area contributed by atoms with Crippen molar-refractivity contribution in [3.63, 3.8) is 0 Å². The van der Waals surface area contributed by atoms with Gasteiger partial charge in [0, 0.05) is 62.5 Å². The van der Waals surface area contributed by atoms with Crippen LogP contribution in [0.3, 0.4) is 0 Å². The third-order valence-corrected chi connectivity index (χ3v) is 14.7. The van der Waals surface area contributed by atoms with E-state index in [4.69, 9.17) is 0 Å². The lowest BCUT2D eigenvalue weighted by atomic mass is 9.85. The number of rotatable bonds is 24. The minimum atomic E-state index is -0.832. The third-order valence-electron chi connectivity index (χ3n) is 14.7. The number of halogens is 2. The maximum absolute atomic E-state index is 14.2. The van der Waals surface area contributed by atoms with Crippen LogP contribution in [0.4, 0.5) is 8.78 Å². The summed E-state index contributed by atoms with van der Waals surface area (Å²) in [5, 5.41) is 17.0. The fourth-order valence-corrected chi connectivity index (χ4v) is 9.54. The molecule has 426 valence electrons. The van der Waals surface area contributed by atoms with Gasteiger partial charge in [-0.05, 0) is 137 Å². The number of likely N-dealkylation sites (N-methyl/N-ethyl adjacent to an activating group) is 2. The van der Waals surface area contributed by atoms with Crippen LogP contribution in [0.1, 0.15) is 113 Å². The third kappa shape index (κ3) is 17.6. The van der Waals surface area contributed by atoms with Crippen molar-refractivity contribution in [2.24, 2.45) is 10.8 Å². The summed E-state index contributed by atoms with van der Waals surface area (Å²) in [6, 6.07) is 14.2. The molecule has 0 aliphatic carbocycles. The van der Waals surface area contributed by atoms with Crippen LogP contribution in [0.5, 0.6) is 0 Å². The number of hydrogen-bond acceptors (Lipinski definition) is 10. The maximum atomic E-state index is 14.2. The van der Waals surface area contributed by atoms with Gasteiger partial charge in [-0.25, -0.2) is 8.78 Å². The van der Waals surface area contributed by atoms with Gasteiger partial charge in [-0.3, -0.25) is 38.4 Å². The zero-order chi connectivity index (χ0) is 57.5. The normalized spacial score (nSPS) is 17.1. The molecule has 3 aromatic rings. The number of likely N-dealkylation sites (tertiary alicyclic amines) is 2. The summed E-state index contributed by atoms with van der Waals surface area (Å²) in [5.74, 6) is -3.90. The Morgan fingerprint density at radius 1 is 0.551 bits per heavy atom. The smallest absolute Gasteiger partial charge is 0.251 e. The van der Waals surface area contributed by atoms with E-state index in [1.165, 1.54) is 48.5 Å². The van der Waals surface area contributed by atoms with Gasteiger partial charge in [-0.1, -0.05) is 65.8 Å². The Hall–Kier alpha value is -6.80. The minimum absolute atomic E-state index is 0.159. The Kier molecular flexibility index (Phi) is 22.4. The summed E-state index contributed by atoms with van der Waals surface area (Å²) >= 11 is 0. The van der Waals surface area contributed by atoms with Gasteiger partial charge >= 0.3 is 0 Å². The number of nitrogens with zero attached hydrogens (tertiary/aromatic N) is 4. The largest absolute Gasteiger partial charge is 0.343 e. The monoisotopic (exact) mass is 1080 g/mol. The van der Waals surface area contributed by atoms with Gasteiger partial charge in [0.1, 0.15) is 23.7 Å². The summed E-state index contributed by atoms with van der Waals surface area (Å²) in [5.41, 5.74) is 0.657. The number of carbonyl (C=O) groups is 8. The van der Waals surface area contributed by atoms with Crippen LogP contribution in [-0.4, -0.2) is 170 Å². The van der Waals surface area contributed by atoms with Crippen molar-refractivity contribution in [1.29, 1.82) is 0 Å². The zero-order valence-corrected chi connectivity index (χ0v) is 47.1. The van der Waals surface area contributed by atoms with E-state index >= 15 is 0 Å². The summed E-state index contributed by atoms with van der Waals surface area (Å²) in [4.78, 5) is 116. The molecule has 8 amide bonds. The summed E-state index contributed by atoms with van der Waals surface area (Å²) in [7, 11) is 3.32. The molecular formula is C58H82F2N10O8. The van der Waals surface area contributed by atoms with E-state index in [1.54, 1.807) is 71.8 Å². The lowest BCUT2D eigenvalue weighted by Crippen LogP contribution is -2.59. The van der Waals surface area contributed by atoms with Crippen molar-refractivity contribution in [1.82, 2.24) is 51.5 Å². The fraction of sp³-hybridized carbons (Fsp3) is 0.552. The Balaban J connectivity index is 1.23. The van der Waals surface area contributed by atoms with E-state index in [0.717, 1.165) is 11.1 Å². The number of hydrogen-bond donors (Lipinski definition) is 6. The Labute approximate surface area is 458 Å². The first-order valence-corrected chi connectivity index (χ1v) is 27.1. The SMILES string of the molecule is CN[C@@H](C)C(=O)N[C@H](C(=O)N1CCC[C@@H]1CN(CCc1ccc(F)cc1)C(=O)CNC(=O)c1ccc(C(=O)NCC(=O)N(CCc2ccc(F)cc2)C[C@@H]2CCCN2C(=O)[C@@H](NC(=O)[C@H](C)NC)C(C)(C)C)cc1)C(C)(C)C. The second-order valence-electron chi connectivity index (χ2n) is 22.7. The highest BCUT2D eigenvalue weighted by Crippen LogP contribution is 2.28. The molecule has 3 aromatic carbocycles. The van der Waals surface area contributed by atoms with Crippen LogP contribution in [0.15, 0.2) is 72.8 Å². The van der Waals surface area contributed by atoms with Crippen molar-refractivity contribution in [3.05, 3.63) is 107 Å². The molecule has 6 atom stereocenters. The molecule has 18 nitrogen and oxygen atoms in total. The first kappa shape index (κ1) is 62.0. The van der Waals surface area contributed by atoms with Crippen LogP contribution in [0.2, 0.25) is 0 Å². The maximum Gasteiger partial charge on any atom is 0.251 e. The van der Waals surface area contributed by atoms with Gasteiger partial charge in [-0.2, -0.15) is 0 Å². The van der Waals surface area contributed by atoms with Crippen molar-refractivity contribution >= 4 is 47.3 Å². The minimum Gasteiger partial charge on any atom is -0.343 e. The van der Waals surface area contributed by atoms with Crippen LogP contribution >= 0.6 is 0 Å². The number of carbonyl (C=O) groups excluding carboxylic acids is 8. The van der Waals surface area contributed by atoms with E-state index in [0.29, 0.717) is 51.6 Å². The molecule has 6 N–H and O–H groups in total. The van der Waals surface area contributed by atoms with Crippen molar-refractivity contribution in [3.8, 4) is 0 Å². The van der Waals surface area contributed by atoms with Crippen molar-refractivity contribution < 1.29 is 47.1 Å². The van der Waals surface area contributed by atoms with Crippen molar-refractivity contribution in [2.75, 3.05) is 66.5 Å². The molecule has 0 aromatic heterocycles. The molecule has 0 spiro atoms. The molecule has 0 bridgehead atoms. The van der Waals surface area contributed by atoms with Crippen LogP contribution in [0, 0.1) is 22.5 Å². The first-order chi connectivity index (χ1) is 36.8. The predicted molar refractivity (Wildman–Crippen MR) is 294 cm³/mol. The number of amides is 8. The fourth-order valence-electron chi connectivity index (χ4n) is 9.54. The van der Waals surface area contributed by atoms with Gasteiger partial charge in [0.2, 0.25) is 35.4 Å². The average molecular weight is 1090 g/mol. The van der Waals surface area contributed by atoms with E-state index in [-0.39, 0.29) is 86.1 Å². The molecular weight excluding hydrogens is 1000 g/mol. The molecule has 20 heteroatoms. The van der Waals surface area contributed by atoms with Crippen LogP contribution in [0.25, 0.3) is 0 Å². The van der Waals surface area contributed by atoms with Gasteiger partial charge in [0.05, 0.1) is 25.2 Å². The topological polar surface area (TPSA) is 222 Å². The van der Waals surface area contributed by atoms with E-state index in [1.807, 2.05) is 41.5 Å². The molecule has 2 heterocycles. The van der Waals surface area contributed by atoms with Gasteiger partial charge in [-0.15, -0.1) is 0 Å².